The number of aliphatic hydroxyl groups is 1. The molecule has 0 aromatic carbocycles. The smallest absolute Gasteiger partial charge is 0.303 e. The van der Waals surface area contributed by atoms with Crippen LogP contribution in [0.4, 0.5) is 0 Å². The fourth-order valence-corrected chi connectivity index (χ4v) is 8.34. The SMILES string of the molecule is C[C@H](CCC(=O)O)C1CC[C@H]2[C@@H]3CC[C@@H]4C[C@H](O)CC[C@]4(C)C3CC(=O)N[C@]12C. The molecule has 3 aliphatic carbocycles. The predicted octanol–water partition coefficient (Wildman–Crippen LogP) is 3.99. The maximum absolute atomic E-state index is 13.1. The summed E-state index contributed by atoms with van der Waals surface area (Å²) in [5, 5.41) is 22.8. The van der Waals surface area contributed by atoms with Gasteiger partial charge in [-0.25, -0.2) is 0 Å². The van der Waals surface area contributed by atoms with Gasteiger partial charge in [0, 0.05) is 18.4 Å². The fraction of sp³-hybridized carbons (Fsp3) is 0.917. The summed E-state index contributed by atoms with van der Waals surface area (Å²) in [7, 11) is 0. The molecule has 4 fully saturated rings. The Kier molecular flexibility index (Phi) is 5.50. The number of carboxylic acids is 1. The van der Waals surface area contributed by atoms with E-state index in [4.69, 9.17) is 5.11 Å². The third-order valence-electron chi connectivity index (χ3n) is 9.88. The topological polar surface area (TPSA) is 86.6 Å². The van der Waals surface area contributed by atoms with E-state index in [0.717, 1.165) is 32.1 Å². The van der Waals surface area contributed by atoms with E-state index in [1.54, 1.807) is 0 Å². The lowest BCUT2D eigenvalue weighted by atomic mass is 9.49. The lowest BCUT2D eigenvalue weighted by Gasteiger charge is -2.56. The number of hydrogen-bond acceptors (Lipinski definition) is 3. The molecule has 0 radical (unpaired) electrons. The Morgan fingerprint density at radius 3 is 2.66 bits per heavy atom. The molecule has 3 saturated carbocycles. The number of carboxylic acid groups (broad SMARTS) is 1. The zero-order valence-electron chi connectivity index (χ0n) is 18.3. The van der Waals surface area contributed by atoms with Gasteiger partial charge in [-0.2, -0.15) is 0 Å². The summed E-state index contributed by atoms with van der Waals surface area (Å²) in [6.07, 6.45) is 8.73. The van der Waals surface area contributed by atoms with Gasteiger partial charge in [-0.3, -0.25) is 9.59 Å². The largest absolute Gasteiger partial charge is 0.481 e. The van der Waals surface area contributed by atoms with E-state index < -0.39 is 5.97 Å². The first kappa shape index (κ1) is 21.1. The molecule has 4 aliphatic rings. The number of aliphatic carboxylic acids is 1. The zero-order chi connectivity index (χ0) is 21.0. The highest BCUT2D eigenvalue weighted by Gasteiger charge is 2.60. The summed E-state index contributed by atoms with van der Waals surface area (Å²) in [5.41, 5.74) is -0.0520. The molecule has 5 nitrogen and oxygen atoms in total. The van der Waals surface area contributed by atoms with E-state index in [1.807, 2.05) is 0 Å². The lowest BCUT2D eigenvalue weighted by Crippen LogP contribution is -2.55. The van der Waals surface area contributed by atoms with E-state index in [-0.39, 0.29) is 29.4 Å². The van der Waals surface area contributed by atoms with Crippen molar-refractivity contribution in [2.75, 3.05) is 0 Å². The third kappa shape index (κ3) is 3.51. The van der Waals surface area contributed by atoms with Crippen molar-refractivity contribution in [3.05, 3.63) is 0 Å². The highest BCUT2D eigenvalue weighted by molar-refractivity contribution is 5.78. The number of carbonyl (C=O) groups excluding carboxylic acids is 1. The van der Waals surface area contributed by atoms with Crippen molar-refractivity contribution in [3.63, 3.8) is 0 Å². The average molecular weight is 406 g/mol. The second-order valence-electron chi connectivity index (χ2n) is 11.2. The van der Waals surface area contributed by atoms with Crippen LogP contribution in [0.5, 0.6) is 0 Å². The first-order valence-electron chi connectivity index (χ1n) is 11.9. The van der Waals surface area contributed by atoms with Crippen molar-refractivity contribution in [2.45, 2.75) is 96.6 Å². The quantitative estimate of drug-likeness (QED) is 0.660. The van der Waals surface area contributed by atoms with Crippen LogP contribution in [0.1, 0.15) is 85.0 Å². The zero-order valence-corrected chi connectivity index (χ0v) is 18.3. The molecule has 5 heteroatoms. The van der Waals surface area contributed by atoms with Gasteiger partial charge >= 0.3 is 5.97 Å². The minimum atomic E-state index is -0.729. The molecule has 0 spiro atoms. The van der Waals surface area contributed by atoms with Gasteiger partial charge in [0.25, 0.3) is 0 Å². The van der Waals surface area contributed by atoms with Crippen molar-refractivity contribution in [1.82, 2.24) is 5.32 Å². The van der Waals surface area contributed by atoms with Gasteiger partial charge in [0.2, 0.25) is 5.91 Å². The molecule has 3 N–H and O–H groups in total. The van der Waals surface area contributed by atoms with Gasteiger partial charge in [0.05, 0.1) is 6.10 Å². The number of fused-ring (bicyclic) bond motifs is 5. The van der Waals surface area contributed by atoms with Crippen LogP contribution in [0.2, 0.25) is 0 Å². The van der Waals surface area contributed by atoms with Gasteiger partial charge in [-0.15, -0.1) is 0 Å². The van der Waals surface area contributed by atoms with Gasteiger partial charge < -0.3 is 15.5 Å². The number of aliphatic hydroxyl groups excluding tert-OH is 1. The van der Waals surface area contributed by atoms with Crippen LogP contribution in [0.25, 0.3) is 0 Å². The number of carbonyl (C=O) groups is 2. The van der Waals surface area contributed by atoms with Gasteiger partial charge in [-0.05, 0) is 99.2 Å². The second-order valence-corrected chi connectivity index (χ2v) is 11.2. The van der Waals surface area contributed by atoms with E-state index in [1.165, 1.54) is 12.8 Å². The highest BCUT2D eigenvalue weighted by Crippen LogP contribution is 2.62. The Hall–Kier alpha value is -1.10. The summed E-state index contributed by atoms with van der Waals surface area (Å²) >= 11 is 0. The van der Waals surface area contributed by atoms with Crippen LogP contribution in [-0.2, 0) is 9.59 Å². The molecule has 2 unspecified atom stereocenters. The molecule has 9 atom stereocenters. The Labute approximate surface area is 175 Å². The molecule has 4 rings (SSSR count). The minimum absolute atomic E-state index is 0.164. The minimum Gasteiger partial charge on any atom is -0.481 e. The number of amides is 1. The van der Waals surface area contributed by atoms with Crippen LogP contribution in [0.15, 0.2) is 0 Å². The van der Waals surface area contributed by atoms with Crippen molar-refractivity contribution in [1.29, 1.82) is 0 Å². The van der Waals surface area contributed by atoms with Crippen LogP contribution >= 0.6 is 0 Å². The first-order valence-corrected chi connectivity index (χ1v) is 11.9. The molecule has 164 valence electrons. The van der Waals surface area contributed by atoms with Crippen molar-refractivity contribution in [2.24, 2.45) is 40.9 Å². The summed E-state index contributed by atoms with van der Waals surface area (Å²) in [6.45, 7) is 6.83. The molecule has 0 aromatic heterocycles. The molecular weight excluding hydrogens is 366 g/mol. The molecule has 0 aromatic rings. The third-order valence-corrected chi connectivity index (χ3v) is 9.88. The van der Waals surface area contributed by atoms with E-state index in [0.29, 0.717) is 48.3 Å². The highest BCUT2D eigenvalue weighted by atomic mass is 16.4. The molecule has 1 saturated heterocycles. The normalized spacial score (nSPS) is 47.9. The number of hydrogen-bond donors (Lipinski definition) is 3. The molecule has 1 amide bonds. The Morgan fingerprint density at radius 2 is 1.93 bits per heavy atom. The Bertz CT molecular complexity index is 665. The van der Waals surface area contributed by atoms with Crippen molar-refractivity contribution >= 4 is 11.9 Å². The van der Waals surface area contributed by atoms with Gasteiger partial charge in [0.15, 0.2) is 0 Å². The molecule has 0 bridgehead atoms. The molecule has 29 heavy (non-hydrogen) atoms. The Morgan fingerprint density at radius 1 is 1.17 bits per heavy atom. The predicted molar refractivity (Wildman–Crippen MR) is 111 cm³/mol. The van der Waals surface area contributed by atoms with E-state index in [2.05, 4.69) is 26.1 Å². The van der Waals surface area contributed by atoms with Gasteiger partial charge in [0.1, 0.15) is 0 Å². The monoisotopic (exact) mass is 405 g/mol. The standard InChI is InChI=1S/C24H39NO4/c1-14(4-9-22(28)29)18-7-8-19-17-6-5-15-12-16(26)10-11-23(15,2)20(17)13-21(27)25-24(18,19)3/h14-20,26H,4-13H2,1-3H3,(H,25,27)(H,28,29)/t14-,15-,16-,17+,18?,19+,20?,23+,24-/m1/s1. The maximum atomic E-state index is 13.1. The summed E-state index contributed by atoms with van der Waals surface area (Å²) in [6, 6.07) is 0. The van der Waals surface area contributed by atoms with E-state index >= 15 is 0 Å². The second kappa shape index (κ2) is 7.55. The summed E-state index contributed by atoms with van der Waals surface area (Å²) in [4.78, 5) is 24.2. The molecular formula is C24H39NO4. The van der Waals surface area contributed by atoms with Crippen LogP contribution in [0.3, 0.4) is 0 Å². The summed E-state index contributed by atoms with van der Waals surface area (Å²) < 4.78 is 0. The molecule has 1 aliphatic heterocycles. The molecule has 1 heterocycles. The fourth-order valence-electron chi connectivity index (χ4n) is 8.34. The van der Waals surface area contributed by atoms with Crippen LogP contribution in [-0.4, -0.2) is 33.7 Å². The van der Waals surface area contributed by atoms with Gasteiger partial charge in [-0.1, -0.05) is 13.8 Å². The van der Waals surface area contributed by atoms with Crippen LogP contribution in [0, 0.1) is 40.9 Å². The average Bonchev–Trinajstić information content (AvgIpc) is 2.92. The summed E-state index contributed by atoms with van der Waals surface area (Å²) in [5.74, 6) is 2.11. The van der Waals surface area contributed by atoms with E-state index in [9.17, 15) is 14.7 Å². The number of rotatable bonds is 4. The van der Waals surface area contributed by atoms with Crippen molar-refractivity contribution in [3.8, 4) is 0 Å². The lowest BCUT2D eigenvalue weighted by molar-refractivity contribution is -0.137. The number of nitrogens with one attached hydrogen (secondary N) is 1. The van der Waals surface area contributed by atoms with Crippen molar-refractivity contribution < 1.29 is 19.8 Å². The Balaban J connectivity index is 1.60. The van der Waals surface area contributed by atoms with Crippen LogP contribution < -0.4 is 5.32 Å². The first-order chi connectivity index (χ1) is 13.6. The maximum Gasteiger partial charge on any atom is 0.303 e.